The average Bonchev–Trinajstić information content (AvgIpc) is 2.36. The summed E-state index contributed by atoms with van der Waals surface area (Å²) < 4.78 is 36.5. The average molecular weight is 317 g/mol. The molecule has 112 valence electrons. The summed E-state index contributed by atoms with van der Waals surface area (Å²) in [6, 6.07) is 4.67. The zero-order valence-electron chi connectivity index (χ0n) is 10.6. The van der Waals surface area contributed by atoms with Gasteiger partial charge in [0.05, 0.1) is 6.54 Å². The number of nitrogens with zero attached hydrogens (tertiary/aromatic N) is 1. The number of carboxylic acids is 1. The fourth-order valence-electron chi connectivity index (χ4n) is 1.45. The van der Waals surface area contributed by atoms with Gasteiger partial charge in [0.15, 0.2) is 0 Å². The van der Waals surface area contributed by atoms with Gasteiger partial charge in [0.25, 0.3) is 5.91 Å². The van der Waals surface area contributed by atoms with Gasteiger partial charge in [-0.05, 0) is 36.0 Å². The Bertz CT molecular complexity index is 564. The largest absolute Gasteiger partial charge is 0.480 e. The van der Waals surface area contributed by atoms with Crippen molar-refractivity contribution in [2.45, 2.75) is 10.4 Å². The van der Waals surface area contributed by atoms with Gasteiger partial charge in [-0.15, -0.1) is 6.42 Å². The van der Waals surface area contributed by atoms with Crippen LogP contribution in [0.1, 0.15) is 10.4 Å². The number of alkyl halides is 3. The van der Waals surface area contributed by atoms with Crippen LogP contribution in [-0.4, -0.2) is 40.5 Å². The summed E-state index contributed by atoms with van der Waals surface area (Å²) in [6.07, 6.45) is 5.05. The molecule has 21 heavy (non-hydrogen) atoms. The lowest BCUT2D eigenvalue weighted by Crippen LogP contribution is -2.35. The van der Waals surface area contributed by atoms with Crippen molar-refractivity contribution in [1.82, 2.24) is 4.90 Å². The van der Waals surface area contributed by atoms with E-state index in [0.29, 0.717) is 0 Å². The summed E-state index contributed by atoms with van der Waals surface area (Å²) in [6.45, 7) is -0.785. The van der Waals surface area contributed by atoms with Crippen molar-refractivity contribution < 1.29 is 27.9 Å². The number of aliphatic carboxylic acids is 1. The lowest BCUT2D eigenvalue weighted by molar-refractivity contribution is -0.137. The number of carbonyl (C=O) groups is 2. The van der Waals surface area contributed by atoms with E-state index in [1.807, 2.05) is 0 Å². The molecule has 1 amide bonds. The number of halogens is 3. The van der Waals surface area contributed by atoms with Gasteiger partial charge < -0.3 is 10.0 Å². The molecule has 0 saturated heterocycles. The Kier molecular flexibility index (Phi) is 5.67. The molecule has 0 bridgehead atoms. The maximum absolute atomic E-state index is 12.2. The summed E-state index contributed by atoms with van der Waals surface area (Å²) >= 11 is -0.301. The Morgan fingerprint density at radius 2 is 1.86 bits per heavy atom. The summed E-state index contributed by atoms with van der Waals surface area (Å²) in [5.74, 6) is 0.268. The number of rotatable bonds is 5. The van der Waals surface area contributed by atoms with Crippen LogP contribution in [0.25, 0.3) is 0 Å². The number of carboxylic acid groups (broad SMARTS) is 1. The van der Waals surface area contributed by atoms with Gasteiger partial charge in [-0.25, -0.2) is 0 Å². The monoisotopic (exact) mass is 317 g/mol. The second-order valence-electron chi connectivity index (χ2n) is 3.83. The zero-order valence-corrected chi connectivity index (χ0v) is 11.4. The Labute approximate surface area is 122 Å². The number of carbonyl (C=O) groups excluding carboxylic acids is 1. The lowest BCUT2D eigenvalue weighted by atomic mass is 10.2. The predicted octanol–water partition coefficient (Wildman–Crippen LogP) is 2.46. The van der Waals surface area contributed by atoms with Gasteiger partial charge in [-0.2, -0.15) is 13.2 Å². The Morgan fingerprint density at radius 3 is 2.29 bits per heavy atom. The number of terminal acetylenes is 1. The Morgan fingerprint density at radius 1 is 1.29 bits per heavy atom. The third-order valence-corrected chi connectivity index (χ3v) is 2.97. The number of benzene rings is 1. The molecule has 0 aliphatic rings. The van der Waals surface area contributed by atoms with Crippen LogP contribution in [0, 0.1) is 12.3 Å². The second-order valence-corrected chi connectivity index (χ2v) is 4.97. The van der Waals surface area contributed by atoms with E-state index in [1.165, 1.54) is 12.1 Å². The van der Waals surface area contributed by atoms with Crippen molar-refractivity contribution in [3.05, 3.63) is 29.8 Å². The molecule has 1 aromatic carbocycles. The molecule has 0 atom stereocenters. The van der Waals surface area contributed by atoms with Crippen LogP contribution in [0.4, 0.5) is 13.2 Å². The molecule has 0 heterocycles. The molecular weight excluding hydrogens is 307 g/mol. The minimum Gasteiger partial charge on any atom is -0.480 e. The van der Waals surface area contributed by atoms with Gasteiger partial charge in [-0.3, -0.25) is 9.59 Å². The van der Waals surface area contributed by atoms with Gasteiger partial charge in [0.1, 0.15) is 6.54 Å². The smallest absolute Gasteiger partial charge is 0.446 e. The second kappa shape index (κ2) is 7.04. The summed E-state index contributed by atoms with van der Waals surface area (Å²) in [7, 11) is 0. The summed E-state index contributed by atoms with van der Waals surface area (Å²) in [5.41, 5.74) is -4.34. The van der Waals surface area contributed by atoms with Crippen LogP contribution >= 0.6 is 11.8 Å². The first-order valence-electron chi connectivity index (χ1n) is 5.53. The molecule has 0 unspecified atom stereocenters. The molecule has 0 spiro atoms. The SMILES string of the molecule is C#CCN(CC(=O)O)C(=O)c1ccc(SC(F)(F)F)cc1. The standard InChI is InChI=1S/C13H10F3NO3S/c1-2-7-17(8-11(18)19)12(20)9-3-5-10(6-4-9)21-13(14,15)16/h1,3-6H,7-8H2,(H,18,19). The van der Waals surface area contributed by atoms with Crippen molar-refractivity contribution in [3.8, 4) is 12.3 Å². The van der Waals surface area contributed by atoms with Gasteiger partial charge in [0.2, 0.25) is 0 Å². The van der Waals surface area contributed by atoms with Crippen LogP contribution in [0.3, 0.4) is 0 Å². The van der Waals surface area contributed by atoms with E-state index in [0.717, 1.165) is 17.0 Å². The van der Waals surface area contributed by atoms with Crippen LogP contribution in [0.2, 0.25) is 0 Å². The van der Waals surface area contributed by atoms with E-state index < -0.39 is 23.9 Å². The van der Waals surface area contributed by atoms with Crippen LogP contribution < -0.4 is 0 Å². The number of amides is 1. The third kappa shape index (κ3) is 5.79. The summed E-state index contributed by atoms with van der Waals surface area (Å²) in [5, 5.41) is 8.69. The van der Waals surface area contributed by atoms with Crippen molar-refractivity contribution in [3.63, 3.8) is 0 Å². The van der Waals surface area contributed by atoms with E-state index in [4.69, 9.17) is 11.5 Å². The van der Waals surface area contributed by atoms with Crippen LogP contribution in [0.15, 0.2) is 29.2 Å². The van der Waals surface area contributed by atoms with E-state index in [1.54, 1.807) is 0 Å². The fourth-order valence-corrected chi connectivity index (χ4v) is 1.99. The minimum atomic E-state index is -4.41. The molecular formula is C13H10F3NO3S. The summed E-state index contributed by atoms with van der Waals surface area (Å²) in [4.78, 5) is 23.5. The molecule has 0 aliphatic carbocycles. The normalized spacial score (nSPS) is 10.8. The topological polar surface area (TPSA) is 57.6 Å². The third-order valence-electron chi connectivity index (χ3n) is 2.23. The maximum Gasteiger partial charge on any atom is 0.446 e. The molecule has 0 radical (unpaired) electrons. The van der Waals surface area contributed by atoms with Crippen molar-refractivity contribution in [2.24, 2.45) is 0 Å². The van der Waals surface area contributed by atoms with Crippen LogP contribution in [0.5, 0.6) is 0 Å². The molecule has 1 N–H and O–H groups in total. The van der Waals surface area contributed by atoms with Crippen LogP contribution in [-0.2, 0) is 4.79 Å². The number of hydrogen-bond acceptors (Lipinski definition) is 3. The van der Waals surface area contributed by atoms with E-state index in [2.05, 4.69) is 5.92 Å². The lowest BCUT2D eigenvalue weighted by Gasteiger charge is -2.18. The first-order chi connectivity index (χ1) is 9.73. The van der Waals surface area contributed by atoms with E-state index in [-0.39, 0.29) is 28.8 Å². The number of thioether (sulfide) groups is 1. The predicted molar refractivity (Wildman–Crippen MR) is 70.7 cm³/mol. The fraction of sp³-hybridized carbons (Fsp3) is 0.231. The molecule has 0 saturated carbocycles. The molecule has 4 nitrogen and oxygen atoms in total. The highest BCUT2D eigenvalue weighted by Gasteiger charge is 2.29. The van der Waals surface area contributed by atoms with Crippen molar-refractivity contribution >= 4 is 23.6 Å². The van der Waals surface area contributed by atoms with E-state index in [9.17, 15) is 22.8 Å². The van der Waals surface area contributed by atoms with Crippen molar-refractivity contribution in [1.29, 1.82) is 0 Å². The Hall–Kier alpha value is -2.14. The zero-order chi connectivity index (χ0) is 16.0. The van der Waals surface area contributed by atoms with Crippen molar-refractivity contribution in [2.75, 3.05) is 13.1 Å². The molecule has 0 aromatic heterocycles. The highest BCUT2D eigenvalue weighted by Crippen LogP contribution is 2.36. The maximum atomic E-state index is 12.2. The first kappa shape index (κ1) is 16.9. The van der Waals surface area contributed by atoms with Gasteiger partial charge in [0, 0.05) is 10.5 Å². The molecule has 0 aliphatic heterocycles. The molecule has 8 heteroatoms. The number of hydrogen-bond donors (Lipinski definition) is 1. The van der Waals surface area contributed by atoms with Gasteiger partial charge >= 0.3 is 11.5 Å². The molecule has 0 fully saturated rings. The quantitative estimate of drug-likeness (QED) is 0.669. The Balaban J connectivity index is 2.86. The molecule has 1 aromatic rings. The highest BCUT2D eigenvalue weighted by atomic mass is 32.2. The minimum absolute atomic E-state index is 0.0676. The van der Waals surface area contributed by atoms with E-state index >= 15 is 0 Å². The van der Waals surface area contributed by atoms with Gasteiger partial charge in [-0.1, -0.05) is 5.92 Å². The molecule has 1 rings (SSSR count). The first-order valence-corrected chi connectivity index (χ1v) is 6.35. The highest BCUT2D eigenvalue weighted by molar-refractivity contribution is 8.00.